The van der Waals surface area contributed by atoms with Crippen LogP contribution in [0.1, 0.15) is 31.7 Å². The van der Waals surface area contributed by atoms with E-state index in [1.165, 1.54) is 29.5 Å². The molecule has 5 heteroatoms. The zero-order chi connectivity index (χ0) is 17.4. The lowest BCUT2D eigenvalue weighted by Crippen LogP contribution is -2.09. The molecule has 24 heavy (non-hydrogen) atoms. The molecular weight excluding hydrogens is 512 g/mol. The van der Waals surface area contributed by atoms with E-state index in [0.717, 1.165) is 31.2 Å². The van der Waals surface area contributed by atoms with E-state index in [1.54, 1.807) is 0 Å². The Morgan fingerprint density at radius 2 is 1.67 bits per heavy atom. The molecule has 0 amide bonds. The van der Waals surface area contributed by atoms with Crippen LogP contribution in [0.3, 0.4) is 0 Å². The van der Waals surface area contributed by atoms with Crippen molar-refractivity contribution in [2.45, 2.75) is 38.7 Å². The fourth-order valence-electron chi connectivity index (χ4n) is 2.61. The van der Waals surface area contributed by atoms with Crippen LogP contribution in [0.25, 0.3) is 11.1 Å². The first-order valence-electron chi connectivity index (χ1n) is 8.38. The van der Waals surface area contributed by atoms with Gasteiger partial charge in [0.05, 0.1) is 6.61 Å². The van der Waals surface area contributed by atoms with Crippen molar-refractivity contribution in [1.29, 1.82) is 0 Å². The number of hydrogen-bond donors (Lipinski definition) is 0. The molecule has 2 aromatic rings. The zero-order valence-corrected chi connectivity index (χ0v) is 19.7. The van der Waals surface area contributed by atoms with Crippen molar-refractivity contribution in [3.63, 3.8) is 0 Å². The molecule has 0 N–H and O–H groups in total. The third-order valence-corrected chi connectivity index (χ3v) is 8.32. The summed E-state index contributed by atoms with van der Waals surface area (Å²) in [7, 11) is 0. The largest absolute Gasteiger partial charge is 0.493 e. The molecule has 0 fully saturated rings. The van der Waals surface area contributed by atoms with Crippen LogP contribution >= 0.6 is 45.9 Å². The molecule has 0 bridgehead atoms. The van der Waals surface area contributed by atoms with Crippen LogP contribution in [-0.2, 0) is 6.42 Å². The first kappa shape index (κ1) is 20.2. The van der Waals surface area contributed by atoms with Gasteiger partial charge in [-0.1, -0.05) is 108 Å². The number of ether oxygens (including phenoxy) is 1. The molecule has 0 aliphatic rings. The summed E-state index contributed by atoms with van der Waals surface area (Å²) < 4.78 is 4.72. The molecule has 130 valence electrons. The predicted molar refractivity (Wildman–Crippen MR) is 118 cm³/mol. The number of halogens is 3. The third kappa shape index (κ3) is 6.66. The van der Waals surface area contributed by atoms with Crippen LogP contribution in [0.4, 0.5) is 0 Å². The van der Waals surface area contributed by atoms with E-state index in [9.17, 15) is 0 Å². The molecule has 0 saturated carbocycles. The van der Waals surface area contributed by atoms with Gasteiger partial charge in [0, 0.05) is 5.56 Å². The number of benzene rings is 2. The summed E-state index contributed by atoms with van der Waals surface area (Å²) in [6.07, 6.45) is 4.47. The van der Waals surface area contributed by atoms with Crippen LogP contribution in [0, 0.1) is 0 Å². The number of unbranched alkanes of at least 4 members (excludes halogenated alkanes) is 1. The Balaban J connectivity index is 2.20. The van der Waals surface area contributed by atoms with Gasteiger partial charge in [-0.05, 0) is 36.4 Å². The highest BCUT2D eigenvalue weighted by atomic mass is 80.0. The first-order chi connectivity index (χ1) is 11.5. The molecular formula is C19H23Br3OSi. The molecule has 0 aliphatic heterocycles. The van der Waals surface area contributed by atoms with Crippen LogP contribution in [0.2, 0.25) is 6.04 Å². The molecule has 0 unspecified atom stereocenters. The van der Waals surface area contributed by atoms with Gasteiger partial charge in [0.1, 0.15) is 5.75 Å². The molecule has 2 rings (SSSR count). The van der Waals surface area contributed by atoms with Crippen LogP contribution in [0.5, 0.6) is 5.75 Å². The van der Waals surface area contributed by atoms with Crippen LogP contribution < -0.4 is 4.74 Å². The van der Waals surface area contributed by atoms with Crippen molar-refractivity contribution in [3.8, 4) is 16.9 Å². The minimum atomic E-state index is -1.55. The summed E-state index contributed by atoms with van der Waals surface area (Å²) in [5, 5.41) is 0. The summed E-state index contributed by atoms with van der Waals surface area (Å²) in [4.78, 5) is 0. The van der Waals surface area contributed by atoms with Gasteiger partial charge in [-0.3, -0.25) is 0 Å². The minimum Gasteiger partial charge on any atom is -0.493 e. The maximum atomic E-state index is 6.27. The Hall–Kier alpha value is -0.103. The molecule has 0 saturated heterocycles. The van der Waals surface area contributed by atoms with Crippen molar-refractivity contribution in [2.24, 2.45) is 0 Å². The van der Waals surface area contributed by atoms with E-state index >= 15 is 0 Å². The Kier molecular flexibility index (Phi) is 8.54. The highest BCUT2D eigenvalue weighted by molar-refractivity contribution is 9.72. The fraction of sp³-hybridized carbons (Fsp3) is 0.368. The van der Waals surface area contributed by atoms with Gasteiger partial charge < -0.3 is 4.74 Å². The summed E-state index contributed by atoms with van der Waals surface area (Å²) in [6.45, 7) is 2.97. The predicted octanol–water partition coefficient (Wildman–Crippen LogP) is 7.59. The fourth-order valence-corrected chi connectivity index (χ4v) is 5.68. The van der Waals surface area contributed by atoms with Gasteiger partial charge in [0.25, 0.3) is 3.93 Å². The van der Waals surface area contributed by atoms with Gasteiger partial charge in [-0.15, -0.1) is 0 Å². The molecule has 0 aliphatic carbocycles. The highest BCUT2D eigenvalue weighted by Crippen LogP contribution is 2.36. The monoisotopic (exact) mass is 532 g/mol. The normalized spacial score (nSPS) is 11.5. The SMILES string of the molecule is CCCCc1cccc(-c2ccccc2)c1OCCC[Si](Br)(Br)Br. The van der Waals surface area contributed by atoms with Gasteiger partial charge in [-0.2, -0.15) is 0 Å². The summed E-state index contributed by atoms with van der Waals surface area (Å²) in [6, 6.07) is 18.1. The second-order valence-corrected chi connectivity index (χ2v) is 29.3. The Morgan fingerprint density at radius 1 is 0.917 bits per heavy atom. The lowest BCUT2D eigenvalue weighted by Gasteiger charge is -2.17. The van der Waals surface area contributed by atoms with E-state index in [1.807, 2.05) is 0 Å². The zero-order valence-electron chi connectivity index (χ0n) is 13.9. The third-order valence-electron chi connectivity index (χ3n) is 3.83. The van der Waals surface area contributed by atoms with Crippen LogP contribution in [-0.4, -0.2) is 10.5 Å². The van der Waals surface area contributed by atoms with Gasteiger partial charge >= 0.3 is 0 Å². The number of rotatable bonds is 9. The van der Waals surface area contributed by atoms with Gasteiger partial charge in [0.2, 0.25) is 0 Å². The smallest absolute Gasteiger partial charge is 0.267 e. The van der Waals surface area contributed by atoms with Crippen molar-refractivity contribution in [2.75, 3.05) is 6.61 Å². The average Bonchev–Trinajstić information content (AvgIpc) is 2.57. The lowest BCUT2D eigenvalue weighted by atomic mass is 9.98. The maximum absolute atomic E-state index is 6.27. The van der Waals surface area contributed by atoms with Crippen molar-refractivity contribution in [1.82, 2.24) is 0 Å². The van der Waals surface area contributed by atoms with Gasteiger partial charge in [0.15, 0.2) is 0 Å². The maximum Gasteiger partial charge on any atom is 0.267 e. The molecule has 0 spiro atoms. The molecule has 0 heterocycles. The number of para-hydroxylation sites is 1. The first-order valence-corrected chi connectivity index (χ1v) is 17.4. The standard InChI is InChI=1S/C19H23Br3OSi/c1-2-3-9-17-12-7-13-18(16-10-5-4-6-11-16)19(17)23-14-8-15-24(20,21)22/h4-7,10-13H,2-3,8-9,14-15H2,1H3. The molecule has 2 aromatic carbocycles. The second-order valence-electron chi connectivity index (χ2n) is 5.83. The van der Waals surface area contributed by atoms with E-state index in [4.69, 9.17) is 4.74 Å². The second kappa shape index (κ2) is 10.1. The Bertz CT molecular complexity index is 626. The molecule has 0 aromatic heterocycles. The molecule has 0 atom stereocenters. The lowest BCUT2D eigenvalue weighted by molar-refractivity contribution is 0.315. The van der Waals surface area contributed by atoms with Crippen LogP contribution in [0.15, 0.2) is 48.5 Å². The topological polar surface area (TPSA) is 9.23 Å². The minimum absolute atomic E-state index is 0.737. The summed E-state index contributed by atoms with van der Waals surface area (Å²) in [5.41, 5.74) is 3.73. The van der Waals surface area contributed by atoms with Crippen molar-refractivity contribution in [3.05, 3.63) is 54.1 Å². The Morgan fingerprint density at radius 3 is 2.33 bits per heavy atom. The highest BCUT2D eigenvalue weighted by Gasteiger charge is 2.21. The molecule has 0 radical (unpaired) electrons. The average molecular weight is 535 g/mol. The molecule has 1 nitrogen and oxygen atoms in total. The Labute approximate surface area is 169 Å². The summed E-state index contributed by atoms with van der Waals surface area (Å²) >= 11 is 11.0. The number of aryl methyl sites for hydroxylation is 1. The van der Waals surface area contributed by atoms with E-state index < -0.39 is 3.93 Å². The van der Waals surface area contributed by atoms with E-state index in [2.05, 4.69) is 101 Å². The quantitative estimate of drug-likeness (QED) is 0.183. The number of hydrogen-bond acceptors (Lipinski definition) is 1. The van der Waals surface area contributed by atoms with E-state index in [-0.39, 0.29) is 0 Å². The van der Waals surface area contributed by atoms with Gasteiger partial charge in [-0.25, -0.2) is 0 Å². The summed E-state index contributed by atoms with van der Waals surface area (Å²) in [5.74, 6) is 1.06. The van der Waals surface area contributed by atoms with Crippen molar-refractivity contribution < 1.29 is 4.74 Å². The van der Waals surface area contributed by atoms with E-state index in [0.29, 0.717) is 0 Å². The van der Waals surface area contributed by atoms with Crippen molar-refractivity contribution >= 4 is 49.8 Å².